The number of nitrogens with zero attached hydrogens (tertiary/aromatic N) is 2. The summed E-state index contributed by atoms with van der Waals surface area (Å²) in [7, 11) is 2.05. The molecule has 1 N–H and O–H groups in total. The Morgan fingerprint density at radius 3 is 2.75 bits per heavy atom. The van der Waals surface area contributed by atoms with E-state index in [0.29, 0.717) is 17.0 Å². The number of carbonyl (C=O) groups is 1. The largest absolute Gasteiger partial charge is 0.478 e. The van der Waals surface area contributed by atoms with E-state index in [0.717, 1.165) is 17.3 Å². The minimum atomic E-state index is -0.912. The molecule has 1 aliphatic rings. The molecule has 1 saturated carbocycles. The van der Waals surface area contributed by atoms with Crippen molar-refractivity contribution in [3.8, 4) is 0 Å². The van der Waals surface area contributed by atoms with Crippen molar-refractivity contribution in [2.45, 2.75) is 25.8 Å². The maximum atomic E-state index is 11.2. The van der Waals surface area contributed by atoms with E-state index in [1.165, 1.54) is 12.8 Å². The number of pyridine rings is 1. The molecule has 0 amide bonds. The van der Waals surface area contributed by atoms with E-state index < -0.39 is 5.97 Å². The number of hydrogen-bond acceptors (Lipinski definition) is 3. The van der Waals surface area contributed by atoms with Crippen molar-refractivity contribution in [2.24, 2.45) is 5.92 Å². The fraction of sp³-hybridized carbons (Fsp3) is 0.375. The zero-order chi connectivity index (χ0) is 14.3. The summed E-state index contributed by atoms with van der Waals surface area (Å²) in [4.78, 5) is 18.0. The normalized spacial score (nSPS) is 16.1. The Balaban J connectivity index is 2.00. The first-order chi connectivity index (χ1) is 9.58. The third-order valence-electron chi connectivity index (χ3n) is 4.22. The molecule has 1 atom stereocenters. The molecule has 0 bridgehead atoms. The number of hydrogen-bond donors (Lipinski definition) is 1. The number of fused-ring (bicyclic) bond motifs is 1. The molecule has 1 aromatic heterocycles. The lowest BCUT2D eigenvalue weighted by atomic mass is 10.1. The number of carboxylic acids is 1. The summed E-state index contributed by atoms with van der Waals surface area (Å²) in [6, 6.07) is 9.46. The molecule has 20 heavy (non-hydrogen) atoms. The molecule has 0 spiro atoms. The first kappa shape index (κ1) is 12.9. The van der Waals surface area contributed by atoms with E-state index in [4.69, 9.17) is 0 Å². The molecule has 1 aliphatic carbocycles. The highest BCUT2D eigenvalue weighted by Crippen LogP contribution is 2.36. The summed E-state index contributed by atoms with van der Waals surface area (Å²) < 4.78 is 0. The van der Waals surface area contributed by atoms with Gasteiger partial charge in [-0.3, -0.25) is 0 Å². The quantitative estimate of drug-likeness (QED) is 0.927. The van der Waals surface area contributed by atoms with Crippen LogP contribution < -0.4 is 4.90 Å². The number of rotatable bonds is 4. The first-order valence-corrected chi connectivity index (χ1v) is 6.94. The summed E-state index contributed by atoms with van der Waals surface area (Å²) in [5, 5.41) is 9.88. The maximum absolute atomic E-state index is 11.2. The fourth-order valence-electron chi connectivity index (χ4n) is 2.63. The van der Waals surface area contributed by atoms with Gasteiger partial charge < -0.3 is 10.0 Å². The van der Waals surface area contributed by atoms with E-state index in [-0.39, 0.29) is 0 Å². The lowest BCUT2D eigenvalue weighted by molar-refractivity contribution is 0.0699. The van der Waals surface area contributed by atoms with Gasteiger partial charge in [-0.2, -0.15) is 0 Å². The van der Waals surface area contributed by atoms with Crippen LogP contribution in [0, 0.1) is 5.92 Å². The molecule has 2 aromatic rings. The molecule has 1 fully saturated rings. The average molecular weight is 270 g/mol. The number of carboxylic acid groups (broad SMARTS) is 1. The minimum Gasteiger partial charge on any atom is -0.478 e. The van der Waals surface area contributed by atoms with Gasteiger partial charge in [0.15, 0.2) is 0 Å². The molecule has 0 radical (unpaired) electrons. The van der Waals surface area contributed by atoms with Crippen LogP contribution in [-0.4, -0.2) is 29.1 Å². The van der Waals surface area contributed by atoms with Crippen molar-refractivity contribution in [3.05, 3.63) is 35.9 Å². The molecule has 4 heteroatoms. The van der Waals surface area contributed by atoms with Crippen LogP contribution in [0.4, 0.5) is 5.82 Å². The third kappa shape index (κ3) is 2.22. The Hall–Kier alpha value is -2.10. The van der Waals surface area contributed by atoms with Gasteiger partial charge in [-0.25, -0.2) is 9.78 Å². The summed E-state index contributed by atoms with van der Waals surface area (Å²) in [6.45, 7) is 2.22. The standard InChI is InChI=1S/C16H18N2O2/c1-10(11-6-7-11)18(2)15-9-8-12-13(16(19)20)4-3-5-14(12)17-15/h3-5,8-11H,6-7H2,1-2H3,(H,19,20). The molecule has 104 valence electrons. The SMILES string of the molecule is CC(C1CC1)N(C)c1ccc2c(C(=O)O)cccc2n1. The fourth-order valence-corrected chi connectivity index (χ4v) is 2.63. The van der Waals surface area contributed by atoms with Gasteiger partial charge >= 0.3 is 5.97 Å². The predicted octanol–water partition coefficient (Wildman–Crippen LogP) is 3.17. The second-order valence-corrected chi connectivity index (χ2v) is 5.54. The van der Waals surface area contributed by atoms with Crippen molar-refractivity contribution in [2.75, 3.05) is 11.9 Å². The summed E-state index contributed by atoms with van der Waals surface area (Å²) >= 11 is 0. The van der Waals surface area contributed by atoms with E-state index in [9.17, 15) is 9.90 Å². The topological polar surface area (TPSA) is 53.4 Å². The number of benzene rings is 1. The van der Waals surface area contributed by atoms with Gasteiger partial charge in [-0.15, -0.1) is 0 Å². The van der Waals surface area contributed by atoms with Crippen molar-refractivity contribution in [1.29, 1.82) is 0 Å². The Morgan fingerprint density at radius 2 is 2.10 bits per heavy atom. The second-order valence-electron chi connectivity index (χ2n) is 5.54. The van der Waals surface area contributed by atoms with Crippen molar-refractivity contribution in [3.63, 3.8) is 0 Å². The van der Waals surface area contributed by atoms with Gasteiger partial charge in [-0.05, 0) is 49.9 Å². The maximum Gasteiger partial charge on any atom is 0.336 e. The number of aromatic carboxylic acids is 1. The van der Waals surface area contributed by atoms with E-state index in [1.54, 1.807) is 12.1 Å². The van der Waals surface area contributed by atoms with Crippen LogP contribution in [0.2, 0.25) is 0 Å². The Labute approximate surface area is 118 Å². The van der Waals surface area contributed by atoms with E-state index in [2.05, 4.69) is 23.9 Å². The van der Waals surface area contributed by atoms with Crippen molar-refractivity contribution < 1.29 is 9.90 Å². The zero-order valence-electron chi connectivity index (χ0n) is 11.7. The molecule has 1 unspecified atom stereocenters. The Kier molecular flexibility index (Phi) is 3.08. The second kappa shape index (κ2) is 4.78. The van der Waals surface area contributed by atoms with Crippen LogP contribution in [0.5, 0.6) is 0 Å². The first-order valence-electron chi connectivity index (χ1n) is 6.94. The van der Waals surface area contributed by atoms with Crippen LogP contribution in [0.25, 0.3) is 10.9 Å². The van der Waals surface area contributed by atoms with E-state index in [1.807, 2.05) is 18.2 Å². The summed E-state index contributed by atoms with van der Waals surface area (Å²) in [5.74, 6) is 0.757. The minimum absolute atomic E-state index is 0.305. The van der Waals surface area contributed by atoms with Crippen LogP contribution in [0.15, 0.2) is 30.3 Å². The van der Waals surface area contributed by atoms with Crippen LogP contribution >= 0.6 is 0 Å². The highest BCUT2D eigenvalue weighted by molar-refractivity contribution is 6.02. The van der Waals surface area contributed by atoms with E-state index >= 15 is 0 Å². The average Bonchev–Trinajstić information content (AvgIpc) is 3.28. The highest BCUT2D eigenvalue weighted by atomic mass is 16.4. The van der Waals surface area contributed by atoms with Crippen molar-refractivity contribution >= 4 is 22.7 Å². The number of aromatic nitrogens is 1. The highest BCUT2D eigenvalue weighted by Gasteiger charge is 2.31. The van der Waals surface area contributed by atoms with Gasteiger partial charge in [0.05, 0.1) is 11.1 Å². The van der Waals surface area contributed by atoms with Gasteiger partial charge in [0.1, 0.15) is 5.82 Å². The molecule has 0 aliphatic heterocycles. The molecule has 4 nitrogen and oxygen atoms in total. The van der Waals surface area contributed by atoms with Gasteiger partial charge in [0.2, 0.25) is 0 Å². The Bertz CT molecular complexity index is 665. The lowest BCUT2D eigenvalue weighted by Gasteiger charge is -2.26. The Morgan fingerprint density at radius 1 is 1.35 bits per heavy atom. The van der Waals surface area contributed by atoms with Gasteiger partial charge in [-0.1, -0.05) is 6.07 Å². The number of anilines is 1. The molecular formula is C16H18N2O2. The van der Waals surface area contributed by atoms with Crippen molar-refractivity contribution in [1.82, 2.24) is 4.98 Å². The molecule has 0 saturated heterocycles. The zero-order valence-corrected chi connectivity index (χ0v) is 11.7. The molecular weight excluding hydrogens is 252 g/mol. The molecule has 3 rings (SSSR count). The van der Waals surface area contributed by atoms with Crippen LogP contribution in [0.1, 0.15) is 30.1 Å². The smallest absolute Gasteiger partial charge is 0.336 e. The van der Waals surface area contributed by atoms with Crippen LogP contribution in [0.3, 0.4) is 0 Å². The van der Waals surface area contributed by atoms with Gasteiger partial charge in [0, 0.05) is 18.5 Å². The molecule has 1 aromatic carbocycles. The third-order valence-corrected chi connectivity index (χ3v) is 4.22. The lowest BCUT2D eigenvalue weighted by Crippen LogP contribution is -2.31. The summed E-state index contributed by atoms with van der Waals surface area (Å²) in [5.41, 5.74) is 1.04. The van der Waals surface area contributed by atoms with Gasteiger partial charge in [0.25, 0.3) is 0 Å². The van der Waals surface area contributed by atoms with Crippen LogP contribution in [-0.2, 0) is 0 Å². The summed E-state index contributed by atoms with van der Waals surface area (Å²) in [6.07, 6.45) is 2.59. The monoisotopic (exact) mass is 270 g/mol. The molecule has 1 heterocycles. The predicted molar refractivity (Wildman–Crippen MR) is 79.3 cm³/mol.